The molecule has 0 saturated heterocycles. The largest absolute Gasteiger partial charge is 0.494 e. The summed E-state index contributed by atoms with van der Waals surface area (Å²) in [5.41, 5.74) is 4.18. The Labute approximate surface area is 194 Å². The molecular formula is C28H27NO4. The Kier molecular flexibility index (Phi) is 7.20. The van der Waals surface area contributed by atoms with Crippen LogP contribution in [0, 0.1) is 6.92 Å². The van der Waals surface area contributed by atoms with Crippen molar-refractivity contribution in [1.29, 1.82) is 0 Å². The number of cyclic esters (lactones) is 1. The average molecular weight is 442 g/mol. The van der Waals surface area contributed by atoms with Crippen LogP contribution >= 0.6 is 0 Å². The fraction of sp³-hybridized carbons (Fsp3) is 0.214. The Morgan fingerprint density at radius 3 is 2.24 bits per heavy atom. The van der Waals surface area contributed by atoms with Gasteiger partial charge in [0, 0.05) is 5.56 Å². The molecule has 168 valence electrons. The topological polar surface area (TPSA) is 57.1 Å². The molecule has 0 unspecified atom stereocenters. The van der Waals surface area contributed by atoms with Gasteiger partial charge in [-0.1, -0.05) is 55.3 Å². The van der Waals surface area contributed by atoms with Gasteiger partial charge in [0.1, 0.15) is 18.1 Å². The van der Waals surface area contributed by atoms with E-state index >= 15 is 0 Å². The molecule has 0 amide bonds. The highest BCUT2D eigenvalue weighted by Gasteiger charge is 2.24. The lowest BCUT2D eigenvalue weighted by molar-refractivity contribution is -0.129. The number of nitrogens with zero attached hydrogens (tertiary/aromatic N) is 1. The number of esters is 1. The molecule has 0 bridgehead atoms. The highest BCUT2D eigenvalue weighted by atomic mass is 16.6. The maximum atomic E-state index is 12.3. The molecule has 33 heavy (non-hydrogen) atoms. The molecule has 5 nitrogen and oxygen atoms in total. The first kappa shape index (κ1) is 22.3. The molecule has 5 heteroatoms. The van der Waals surface area contributed by atoms with E-state index in [-0.39, 0.29) is 5.70 Å². The number of rotatable bonds is 9. The zero-order chi connectivity index (χ0) is 23.0. The molecular weight excluding hydrogens is 414 g/mol. The lowest BCUT2D eigenvalue weighted by Crippen LogP contribution is -2.05. The molecule has 4 rings (SSSR count). The van der Waals surface area contributed by atoms with Crippen LogP contribution in [0.2, 0.25) is 0 Å². The molecule has 0 aromatic heterocycles. The van der Waals surface area contributed by atoms with Gasteiger partial charge in [0.2, 0.25) is 5.90 Å². The molecule has 0 atom stereocenters. The summed E-state index contributed by atoms with van der Waals surface area (Å²) in [6.45, 7) is 5.38. The Morgan fingerprint density at radius 2 is 1.55 bits per heavy atom. The van der Waals surface area contributed by atoms with Crippen LogP contribution in [0.25, 0.3) is 6.08 Å². The summed E-state index contributed by atoms with van der Waals surface area (Å²) in [6.07, 6.45) is 3.81. The summed E-state index contributed by atoms with van der Waals surface area (Å²) in [5, 5.41) is 0. The molecule has 0 spiro atoms. The molecule has 0 N–H and O–H groups in total. The van der Waals surface area contributed by atoms with Crippen molar-refractivity contribution in [3.8, 4) is 11.5 Å². The van der Waals surface area contributed by atoms with Gasteiger partial charge in [-0.2, -0.15) is 0 Å². The number of benzene rings is 3. The van der Waals surface area contributed by atoms with Gasteiger partial charge in [0.05, 0.1) is 6.61 Å². The summed E-state index contributed by atoms with van der Waals surface area (Å²) in [7, 11) is 0. The van der Waals surface area contributed by atoms with Crippen LogP contribution in [0.1, 0.15) is 42.0 Å². The summed E-state index contributed by atoms with van der Waals surface area (Å²) in [5.74, 6) is 1.38. The zero-order valence-electron chi connectivity index (χ0n) is 18.9. The second-order valence-electron chi connectivity index (χ2n) is 7.91. The lowest BCUT2D eigenvalue weighted by Gasteiger charge is -2.07. The van der Waals surface area contributed by atoms with Crippen molar-refractivity contribution in [3.63, 3.8) is 0 Å². The lowest BCUT2D eigenvalue weighted by atomic mass is 10.1. The van der Waals surface area contributed by atoms with Crippen LogP contribution in [0.5, 0.6) is 11.5 Å². The molecule has 0 aliphatic carbocycles. The minimum absolute atomic E-state index is 0.265. The van der Waals surface area contributed by atoms with E-state index in [9.17, 15) is 4.79 Å². The van der Waals surface area contributed by atoms with E-state index in [0.717, 1.165) is 41.0 Å². The van der Waals surface area contributed by atoms with Gasteiger partial charge in [0.15, 0.2) is 5.70 Å². The number of unbranched alkanes of at least 4 members (excludes halogenated alkanes) is 1. The van der Waals surface area contributed by atoms with Crippen molar-refractivity contribution < 1.29 is 19.0 Å². The average Bonchev–Trinajstić information content (AvgIpc) is 3.20. The molecule has 3 aromatic rings. The van der Waals surface area contributed by atoms with E-state index < -0.39 is 5.97 Å². The predicted octanol–water partition coefficient (Wildman–Crippen LogP) is 6.10. The molecule has 1 aliphatic heterocycles. The Balaban J connectivity index is 1.38. The molecule has 0 saturated carbocycles. The molecule has 1 heterocycles. The summed E-state index contributed by atoms with van der Waals surface area (Å²) < 4.78 is 16.9. The second kappa shape index (κ2) is 10.6. The first-order chi connectivity index (χ1) is 16.1. The van der Waals surface area contributed by atoms with E-state index in [1.807, 2.05) is 48.5 Å². The first-order valence-corrected chi connectivity index (χ1v) is 11.1. The van der Waals surface area contributed by atoms with Crippen LogP contribution in [0.3, 0.4) is 0 Å². The first-order valence-electron chi connectivity index (χ1n) is 11.1. The van der Waals surface area contributed by atoms with Gasteiger partial charge < -0.3 is 14.2 Å². The quantitative estimate of drug-likeness (QED) is 0.229. The fourth-order valence-corrected chi connectivity index (χ4v) is 3.23. The van der Waals surface area contributed by atoms with Crippen molar-refractivity contribution in [2.45, 2.75) is 33.3 Å². The van der Waals surface area contributed by atoms with Crippen molar-refractivity contribution in [3.05, 3.63) is 101 Å². The number of carbonyl (C=O) groups is 1. The van der Waals surface area contributed by atoms with E-state index in [1.165, 1.54) is 5.56 Å². The van der Waals surface area contributed by atoms with Crippen LogP contribution in [0.4, 0.5) is 0 Å². The van der Waals surface area contributed by atoms with Crippen molar-refractivity contribution in [2.24, 2.45) is 4.99 Å². The van der Waals surface area contributed by atoms with Gasteiger partial charge >= 0.3 is 5.97 Å². The van der Waals surface area contributed by atoms with E-state index in [4.69, 9.17) is 14.2 Å². The van der Waals surface area contributed by atoms with Crippen LogP contribution in [-0.4, -0.2) is 18.5 Å². The normalized spacial score (nSPS) is 14.2. The molecule has 1 aliphatic rings. The summed E-state index contributed by atoms with van der Waals surface area (Å²) in [6, 6.07) is 23.2. The van der Waals surface area contributed by atoms with Crippen LogP contribution < -0.4 is 9.47 Å². The van der Waals surface area contributed by atoms with Gasteiger partial charge in [-0.3, -0.25) is 0 Å². The number of hydrogen-bond donors (Lipinski definition) is 0. The summed E-state index contributed by atoms with van der Waals surface area (Å²) >= 11 is 0. The summed E-state index contributed by atoms with van der Waals surface area (Å²) in [4.78, 5) is 16.7. The molecule has 0 fully saturated rings. The Hall–Kier alpha value is -3.86. The maximum absolute atomic E-state index is 12.3. The highest BCUT2D eigenvalue weighted by molar-refractivity contribution is 6.12. The fourth-order valence-electron chi connectivity index (χ4n) is 3.23. The van der Waals surface area contributed by atoms with Gasteiger partial charge in [-0.25, -0.2) is 9.79 Å². The maximum Gasteiger partial charge on any atom is 0.363 e. The number of hydrogen-bond acceptors (Lipinski definition) is 5. The third-order valence-electron chi connectivity index (χ3n) is 5.20. The second-order valence-corrected chi connectivity index (χ2v) is 7.91. The molecule has 3 aromatic carbocycles. The Morgan fingerprint density at radius 1 is 0.879 bits per heavy atom. The number of carbonyl (C=O) groups excluding carboxylic acids is 1. The number of aliphatic imine (C=N–C) groups is 1. The van der Waals surface area contributed by atoms with Crippen molar-refractivity contribution >= 4 is 17.9 Å². The zero-order valence-corrected chi connectivity index (χ0v) is 18.9. The molecule has 0 radical (unpaired) electrons. The van der Waals surface area contributed by atoms with E-state index in [1.54, 1.807) is 6.08 Å². The third kappa shape index (κ3) is 6.10. The third-order valence-corrected chi connectivity index (χ3v) is 5.20. The predicted molar refractivity (Wildman–Crippen MR) is 129 cm³/mol. The highest BCUT2D eigenvalue weighted by Crippen LogP contribution is 2.22. The minimum Gasteiger partial charge on any atom is -0.494 e. The minimum atomic E-state index is -0.465. The SMILES string of the molecule is CCCCOc1ccc(C2=N/C(=C\c3ccc(OCc4ccc(C)cc4)cc3)C(=O)O2)cc1. The van der Waals surface area contributed by atoms with Crippen LogP contribution in [0.15, 0.2) is 83.5 Å². The smallest absolute Gasteiger partial charge is 0.363 e. The Bertz CT molecular complexity index is 1140. The monoisotopic (exact) mass is 441 g/mol. The number of ether oxygens (including phenoxy) is 3. The van der Waals surface area contributed by atoms with E-state index in [2.05, 4.69) is 43.1 Å². The van der Waals surface area contributed by atoms with Gasteiger partial charge in [-0.15, -0.1) is 0 Å². The van der Waals surface area contributed by atoms with Gasteiger partial charge in [-0.05, 0) is 66.9 Å². The van der Waals surface area contributed by atoms with Crippen molar-refractivity contribution in [2.75, 3.05) is 6.61 Å². The van der Waals surface area contributed by atoms with Gasteiger partial charge in [0.25, 0.3) is 0 Å². The number of aryl methyl sites for hydroxylation is 1. The van der Waals surface area contributed by atoms with Crippen molar-refractivity contribution in [1.82, 2.24) is 0 Å². The van der Waals surface area contributed by atoms with E-state index in [0.29, 0.717) is 19.1 Å². The standard InChI is InChI=1S/C28H27NO4/c1-3-4-17-31-24-15-11-23(12-16-24)27-29-26(28(30)33-27)18-21-9-13-25(14-10-21)32-19-22-7-5-20(2)6-8-22/h5-16,18H,3-4,17,19H2,1-2H3/b26-18-. The van der Waals surface area contributed by atoms with Crippen LogP contribution in [-0.2, 0) is 16.1 Å².